The number of hydrazine groups is 1. The molecular formula is C14H22N2O. The van der Waals surface area contributed by atoms with Crippen LogP contribution in [0, 0.1) is 12.8 Å². The van der Waals surface area contributed by atoms with Gasteiger partial charge in [-0.3, -0.25) is 11.3 Å². The Morgan fingerprint density at radius 1 is 1.47 bits per heavy atom. The fraction of sp³-hybridized carbons (Fsp3) is 0.571. The average molecular weight is 234 g/mol. The van der Waals surface area contributed by atoms with E-state index in [2.05, 4.69) is 43.5 Å². The van der Waals surface area contributed by atoms with Crippen molar-refractivity contribution in [1.82, 2.24) is 5.43 Å². The van der Waals surface area contributed by atoms with Crippen LogP contribution in [0.3, 0.4) is 0 Å². The van der Waals surface area contributed by atoms with Crippen LogP contribution in [-0.2, 0) is 11.2 Å². The highest BCUT2D eigenvalue weighted by atomic mass is 16.5. The van der Waals surface area contributed by atoms with Crippen LogP contribution in [0.25, 0.3) is 0 Å². The van der Waals surface area contributed by atoms with E-state index < -0.39 is 0 Å². The number of benzene rings is 1. The molecule has 17 heavy (non-hydrogen) atoms. The monoisotopic (exact) mass is 234 g/mol. The number of hydrogen-bond donors (Lipinski definition) is 2. The van der Waals surface area contributed by atoms with E-state index in [1.165, 1.54) is 11.1 Å². The molecule has 3 heteroatoms. The number of nitrogens with two attached hydrogens (primary N) is 1. The van der Waals surface area contributed by atoms with Crippen molar-refractivity contribution >= 4 is 0 Å². The van der Waals surface area contributed by atoms with Crippen molar-refractivity contribution < 1.29 is 4.74 Å². The molecule has 1 aromatic rings. The highest BCUT2D eigenvalue weighted by Crippen LogP contribution is 2.24. The highest BCUT2D eigenvalue weighted by molar-refractivity contribution is 5.26. The van der Waals surface area contributed by atoms with Gasteiger partial charge in [-0.25, -0.2) is 0 Å². The molecule has 0 aliphatic carbocycles. The summed E-state index contributed by atoms with van der Waals surface area (Å²) in [6.07, 6.45) is 2.44. The summed E-state index contributed by atoms with van der Waals surface area (Å²) in [7, 11) is 0. The zero-order chi connectivity index (χ0) is 12.3. The summed E-state index contributed by atoms with van der Waals surface area (Å²) in [5.41, 5.74) is 5.66. The molecular weight excluding hydrogens is 212 g/mol. The Labute approximate surface area is 103 Å². The van der Waals surface area contributed by atoms with E-state index in [0.29, 0.717) is 18.1 Å². The lowest BCUT2D eigenvalue weighted by Gasteiger charge is -2.22. The number of hydrogen-bond acceptors (Lipinski definition) is 3. The van der Waals surface area contributed by atoms with Crippen molar-refractivity contribution in [1.29, 1.82) is 0 Å². The number of rotatable bonds is 4. The molecule has 0 saturated carbocycles. The number of nitrogens with one attached hydrogen (secondary N) is 1. The fourth-order valence-electron chi connectivity index (χ4n) is 2.57. The summed E-state index contributed by atoms with van der Waals surface area (Å²) in [5.74, 6) is 6.21. The second kappa shape index (κ2) is 5.63. The Morgan fingerprint density at radius 3 is 2.82 bits per heavy atom. The van der Waals surface area contributed by atoms with Gasteiger partial charge in [0.2, 0.25) is 0 Å². The lowest BCUT2D eigenvalue weighted by Crippen LogP contribution is -2.43. The minimum atomic E-state index is 0.307. The standard InChI is InChI=1S/C14H22N2O/c1-10-5-3-4-6-12(10)8-14(16-15)13-7-11(2)17-9-13/h3-6,11,13-14,16H,7-9,15H2,1-2H3. The predicted molar refractivity (Wildman–Crippen MR) is 69.5 cm³/mol. The largest absolute Gasteiger partial charge is 0.378 e. The smallest absolute Gasteiger partial charge is 0.0551 e. The molecule has 0 spiro atoms. The Kier molecular flexibility index (Phi) is 4.15. The van der Waals surface area contributed by atoms with Crippen molar-refractivity contribution in [2.75, 3.05) is 6.61 Å². The van der Waals surface area contributed by atoms with Gasteiger partial charge in [-0.1, -0.05) is 24.3 Å². The summed E-state index contributed by atoms with van der Waals surface area (Å²) < 4.78 is 5.62. The van der Waals surface area contributed by atoms with Gasteiger partial charge >= 0.3 is 0 Å². The SMILES string of the molecule is Cc1ccccc1CC(NN)C1COC(C)C1. The molecule has 1 aliphatic rings. The maximum absolute atomic E-state index is 5.69. The first-order valence-corrected chi connectivity index (χ1v) is 6.33. The molecule has 0 bridgehead atoms. The summed E-state index contributed by atoms with van der Waals surface area (Å²) in [5, 5.41) is 0. The van der Waals surface area contributed by atoms with E-state index in [1.807, 2.05) is 0 Å². The minimum absolute atomic E-state index is 0.307. The van der Waals surface area contributed by atoms with Crippen LogP contribution < -0.4 is 11.3 Å². The first kappa shape index (κ1) is 12.6. The topological polar surface area (TPSA) is 47.3 Å². The molecule has 1 aromatic carbocycles. The Morgan fingerprint density at radius 2 is 2.24 bits per heavy atom. The van der Waals surface area contributed by atoms with E-state index in [1.54, 1.807) is 0 Å². The summed E-state index contributed by atoms with van der Waals surface area (Å²) in [6.45, 7) is 5.10. The van der Waals surface area contributed by atoms with Crippen LogP contribution in [0.4, 0.5) is 0 Å². The van der Waals surface area contributed by atoms with Crippen LogP contribution in [0.2, 0.25) is 0 Å². The molecule has 2 rings (SSSR count). The fourth-order valence-corrected chi connectivity index (χ4v) is 2.57. The molecule has 1 aliphatic heterocycles. The quantitative estimate of drug-likeness (QED) is 0.617. The van der Waals surface area contributed by atoms with Gasteiger partial charge in [-0.05, 0) is 37.8 Å². The molecule has 0 aromatic heterocycles. The van der Waals surface area contributed by atoms with Crippen LogP contribution >= 0.6 is 0 Å². The van der Waals surface area contributed by atoms with E-state index >= 15 is 0 Å². The molecule has 0 amide bonds. The third-order valence-corrected chi connectivity index (χ3v) is 3.71. The molecule has 3 unspecified atom stereocenters. The maximum atomic E-state index is 5.69. The molecule has 3 N–H and O–H groups in total. The van der Waals surface area contributed by atoms with Crippen molar-refractivity contribution in [3.8, 4) is 0 Å². The van der Waals surface area contributed by atoms with Crippen molar-refractivity contribution in [2.45, 2.75) is 38.8 Å². The van der Waals surface area contributed by atoms with Crippen LogP contribution in [0.5, 0.6) is 0 Å². The van der Waals surface area contributed by atoms with Gasteiger partial charge in [0.1, 0.15) is 0 Å². The van der Waals surface area contributed by atoms with Gasteiger partial charge in [-0.15, -0.1) is 0 Å². The van der Waals surface area contributed by atoms with E-state index in [0.717, 1.165) is 19.4 Å². The zero-order valence-corrected chi connectivity index (χ0v) is 10.6. The van der Waals surface area contributed by atoms with Crippen LogP contribution in [-0.4, -0.2) is 18.8 Å². The van der Waals surface area contributed by atoms with Crippen molar-refractivity contribution in [2.24, 2.45) is 11.8 Å². The van der Waals surface area contributed by atoms with Crippen LogP contribution in [0.1, 0.15) is 24.5 Å². The first-order valence-electron chi connectivity index (χ1n) is 6.33. The molecule has 1 fully saturated rings. The predicted octanol–water partition coefficient (Wildman–Crippen LogP) is 1.79. The molecule has 1 saturated heterocycles. The zero-order valence-electron chi connectivity index (χ0n) is 10.6. The van der Waals surface area contributed by atoms with Gasteiger partial charge in [0.05, 0.1) is 12.7 Å². The van der Waals surface area contributed by atoms with Crippen molar-refractivity contribution in [3.05, 3.63) is 35.4 Å². The normalized spacial score (nSPS) is 26.1. The van der Waals surface area contributed by atoms with Gasteiger partial charge < -0.3 is 4.74 Å². The van der Waals surface area contributed by atoms with Gasteiger partial charge in [-0.2, -0.15) is 0 Å². The first-order chi connectivity index (χ1) is 8.20. The summed E-state index contributed by atoms with van der Waals surface area (Å²) >= 11 is 0. The van der Waals surface area contributed by atoms with E-state index in [9.17, 15) is 0 Å². The third kappa shape index (κ3) is 3.06. The van der Waals surface area contributed by atoms with Gasteiger partial charge in [0, 0.05) is 12.0 Å². The molecule has 0 radical (unpaired) electrons. The Balaban J connectivity index is 2.03. The average Bonchev–Trinajstić information content (AvgIpc) is 2.75. The Hall–Kier alpha value is -0.900. The van der Waals surface area contributed by atoms with E-state index in [4.69, 9.17) is 10.6 Å². The van der Waals surface area contributed by atoms with Gasteiger partial charge in [0.25, 0.3) is 0 Å². The molecule has 94 valence electrons. The molecule has 3 atom stereocenters. The second-order valence-corrected chi connectivity index (χ2v) is 5.04. The van der Waals surface area contributed by atoms with Gasteiger partial charge in [0.15, 0.2) is 0 Å². The number of ether oxygens (including phenoxy) is 1. The van der Waals surface area contributed by atoms with Crippen LogP contribution in [0.15, 0.2) is 24.3 Å². The highest BCUT2D eigenvalue weighted by Gasteiger charge is 2.29. The lowest BCUT2D eigenvalue weighted by atomic mass is 9.90. The molecule has 3 nitrogen and oxygen atoms in total. The third-order valence-electron chi connectivity index (χ3n) is 3.71. The van der Waals surface area contributed by atoms with E-state index in [-0.39, 0.29) is 0 Å². The summed E-state index contributed by atoms with van der Waals surface area (Å²) in [4.78, 5) is 0. The lowest BCUT2D eigenvalue weighted by molar-refractivity contribution is 0.117. The van der Waals surface area contributed by atoms with Crippen molar-refractivity contribution in [3.63, 3.8) is 0 Å². The molecule has 1 heterocycles. The Bertz CT molecular complexity index is 367. The maximum Gasteiger partial charge on any atom is 0.0551 e. The summed E-state index contributed by atoms with van der Waals surface area (Å²) in [6, 6.07) is 8.80. The second-order valence-electron chi connectivity index (χ2n) is 5.04. The number of aryl methyl sites for hydroxylation is 1. The minimum Gasteiger partial charge on any atom is -0.378 e.